The SMILES string of the molecule is C=CCNc1nc(N2CCN(C(=O)Nc3cccc(Cl)c3)CC2)nc2c1ncn2Cc1ccccc1. The lowest BCUT2D eigenvalue weighted by Crippen LogP contribution is -2.50. The number of fused-ring (bicyclic) bond motifs is 1. The molecule has 1 aliphatic heterocycles. The molecule has 4 aromatic rings. The van der Waals surface area contributed by atoms with E-state index in [0.29, 0.717) is 61.7 Å². The summed E-state index contributed by atoms with van der Waals surface area (Å²) in [5.74, 6) is 1.28. The van der Waals surface area contributed by atoms with E-state index in [1.54, 1.807) is 29.4 Å². The number of benzene rings is 2. The number of rotatable bonds is 7. The van der Waals surface area contributed by atoms with Gasteiger partial charge in [-0.05, 0) is 23.8 Å². The maximum Gasteiger partial charge on any atom is 0.321 e. The van der Waals surface area contributed by atoms with Crippen molar-refractivity contribution in [3.63, 3.8) is 0 Å². The highest BCUT2D eigenvalue weighted by atomic mass is 35.5. The third kappa shape index (κ3) is 5.26. The van der Waals surface area contributed by atoms with Gasteiger partial charge in [0.25, 0.3) is 0 Å². The first-order valence-corrected chi connectivity index (χ1v) is 12.2. The molecule has 1 aliphatic rings. The Kier molecular flexibility index (Phi) is 6.99. The van der Waals surface area contributed by atoms with Gasteiger partial charge in [-0.2, -0.15) is 9.97 Å². The fraction of sp³-hybridized carbons (Fsp3) is 0.231. The van der Waals surface area contributed by atoms with Gasteiger partial charge in [0.15, 0.2) is 17.0 Å². The van der Waals surface area contributed by atoms with Crippen LogP contribution in [0.1, 0.15) is 5.56 Å². The van der Waals surface area contributed by atoms with E-state index in [1.165, 1.54) is 0 Å². The summed E-state index contributed by atoms with van der Waals surface area (Å²) in [6.07, 6.45) is 3.58. The maximum atomic E-state index is 12.7. The molecule has 0 bridgehead atoms. The van der Waals surface area contributed by atoms with E-state index in [9.17, 15) is 4.79 Å². The molecule has 1 saturated heterocycles. The molecule has 2 N–H and O–H groups in total. The number of nitrogens with zero attached hydrogens (tertiary/aromatic N) is 6. The number of halogens is 1. The predicted molar refractivity (Wildman–Crippen MR) is 144 cm³/mol. The van der Waals surface area contributed by atoms with Crippen LogP contribution in [0.15, 0.2) is 73.6 Å². The molecule has 9 nitrogen and oxygen atoms in total. The lowest BCUT2D eigenvalue weighted by molar-refractivity contribution is 0.208. The fourth-order valence-corrected chi connectivity index (χ4v) is 4.33. The smallest absolute Gasteiger partial charge is 0.321 e. The molecule has 1 fully saturated rings. The minimum Gasteiger partial charge on any atom is -0.365 e. The summed E-state index contributed by atoms with van der Waals surface area (Å²) in [6.45, 7) is 7.34. The minimum absolute atomic E-state index is 0.150. The monoisotopic (exact) mass is 502 g/mol. The molecule has 2 aromatic carbocycles. The van der Waals surface area contributed by atoms with Gasteiger partial charge in [0.2, 0.25) is 5.95 Å². The largest absolute Gasteiger partial charge is 0.365 e. The zero-order valence-electron chi connectivity index (χ0n) is 19.8. The highest BCUT2D eigenvalue weighted by Crippen LogP contribution is 2.24. The highest BCUT2D eigenvalue weighted by molar-refractivity contribution is 6.30. The molecule has 0 spiro atoms. The number of aromatic nitrogens is 4. The molecular weight excluding hydrogens is 476 g/mol. The standard InChI is InChI=1S/C26H27ClN8O/c1-2-11-28-23-22-24(35(18-29-22)17-19-7-4-3-5-8-19)32-25(31-23)33-12-14-34(15-13-33)26(36)30-21-10-6-9-20(27)16-21/h2-10,16,18H,1,11-15,17H2,(H,30,36)(H,28,31,32). The quantitative estimate of drug-likeness (QED) is 0.362. The molecule has 184 valence electrons. The van der Waals surface area contributed by atoms with Gasteiger partial charge in [0.05, 0.1) is 12.9 Å². The Morgan fingerprint density at radius 3 is 2.61 bits per heavy atom. The van der Waals surface area contributed by atoms with Crippen molar-refractivity contribution in [2.24, 2.45) is 0 Å². The fourth-order valence-electron chi connectivity index (χ4n) is 4.14. The van der Waals surface area contributed by atoms with Crippen LogP contribution in [0.25, 0.3) is 11.2 Å². The summed E-state index contributed by atoms with van der Waals surface area (Å²) in [6, 6.07) is 17.2. The number of hydrogen-bond donors (Lipinski definition) is 2. The predicted octanol–water partition coefficient (Wildman–Crippen LogP) is 4.48. The van der Waals surface area contributed by atoms with Crippen molar-refractivity contribution in [1.82, 2.24) is 24.4 Å². The number of amides is 2. The first-order chi connectivity index (χ1) is 17.6. The molecule has 0 unspecified atom stereocenters. The zero-order valence-corrected chi connectivity index (χ0v) is 20.5. The first-order valence-electron chi connectivity index (χ1n) is 11.8. The molecule has 0 saturated carbocycles. The van der Waals surface area contributed by atoms with Crippen LogP contribution >= 0.6 is 11.6 Å². The van der Waals surface area contributed by atoms with Gasteiger partial charge in [-0.3, -0.25) is 0 Å². The van der Waals surface area contributed by atoms with Gasteiger partial charge in [-0.1, -0.05) is 54.1 Å². The van der Waals surface area contributed by atoms with Crippen molar-refractivity contribution in [1.29, 1.82) is 0 Å². The molecule has 10 heteroatoms. The number of nitrogens with one attached hydrogen (secondary N) is 2. The summed E-state index contributed by atoms with van der Waals surface area (Å²) in [5.41, 5.74) is 3.32. The Balaban J connectivity index is 1.34. The molecule has 3 heterocycles. The molecule has 0 aliphatic carbocycles. The molecule has 2 aromatic heterocycles. The average molecular weight is 503 g/mol. The van der Waals surface area contributed by atoms with E-state index >= 15 is 0 Å². The van der Waals surface area contributed by atoms with E-state index in [0.717, 1.165) is 16.7 Å². The number of anilines is 3. The minimum atomic E-state index is -0.150. The Bertz CT molecular complexity index is 1370. The summed E-state index contributed by atoms with van der Waals surface area (Å²) in [5, 5.41) is 6.79. The van der Waals surface area contributed by atoms with Gasteiger partial charge >= 0.3 is 6.03 Å². The van der Waals surface area contributed by atoms with Crippen molar-refractivity contribution in [2.45, 2.75) is 6.54 Å². The maximum absolute atomic E-state index is 12.7. The van der Waals surface area contributed by atoms with Gasteiger partial charge in [-0.25, -0.2) is 9.78 Å². The van der Waals surface area contributed by atoms with Crippen LogP contribution in [-0.2, 0) is 6.54 Å². The molecular formula is C26H27ClN8O. The van der Waals surface area contributed by atoms with Crippen LogP contribution in [0.3, 0.4) is 0 Å². The first kappa shape index (κ1) is 23.6. The second kappa shape index (κ2) is 10.7. The van der Waals surface area contributed by atoms with Crippen LogP contribution in [0.5, 0.6) is 0 Å². The summed E-state index contributed by atoms with van der Waals surface area (Å²) in [4.78, 5) is 30.9. The number of urea groups is 1. The third-order valence-electron chi connectivity index (χ3n) is 5.99. The summed E-state index contributed by atoms with van der Waals surface area (Å²) < 4.78 is 2.03. The van der Waals surface area contributed by atoms with Crippen molar-refractivity contribution in [3.8, 4) is 0 Å². The van der Waals surface area contributed by atoms with Gasteiger partial charge in [-0.15, -0.1) is 6.58 Å². The van der Waals surface area contributed by atoms with E-state index in [-0.39, 0.29) is 6.03 Å². The zero-order chi connectivity index (χ0) is 24.9. The van der Waals surface area contributed by atoms with Gasteiger partial charge in [0, 0.05) is 43.4 Å². The van der Waals surface area contributed by atoms with Crippen molar-refractivity contribution in [3.05, 3.63) is 84.2 Å². The highest BCUT2D eigenvalue weighted by Gasteiger charge is 2.24. The molecule has 36 heavy (non-hydrogen) atoms. The third-order valence-corrected chi connectivity index (χ3v) is 6.22. The number of piperazine rings is 1. The number of carbonyl (C=O) groups is 1. The van der Waals surface area contributed by atoms with E-state index in [2.05, 4.69) is 39.2 Å². The van der Waals surface area contributed by atoms with Crippen molar-refractivity contribution >= 4 is 46.2 Å². The van der Waals surface area contributed by atoms with E-state index in [4.69, 9.17) is 21.6 Å². The van der Waals surface area contributed by atoms with E-state index < -0.39 is 0 Å². The summed E-state index contributed by atoms with van der Waals surface area (Å²) >= 11 is 6.03. The second-order valence-electron chi connectivity index (χ2n) is 8.49. The van der Waals surface area contributed by atoms with Gasteiger partial charge < -0.3 is 25.0 Å². The molecule has 0 radical (unpaired) electrons. The van der Waals surface area contributed by atoms with Crippen molar-refractivity contribution in [2.75, 3.05) is 48.3 Å². The van der Waals surface area contributed by atoms with E-state index in [1.807, 2.05) is 34.9 Å². The number of hydrogen-bond acceptors (Lipinski definition) is 6. The molecule has 0 atom stereocenters. The molecule has 2 amide bonds. The van der Waals surface area contributed by atoms with Gasteiger partial charge in [0.1, 0.15) is 0 Å². The normalized spacial score (nSPS) is 13.6. The Morgan fingerprint density at radius 1 is 1.06 bits per heavy atom. The lowest BCUT2D eigenvalue weighted by Gasteiger charge is -2.34. The Morgan fingerprint density at radius 2 is 1.86 bits per heavy atom. The average Bonchev–Trinajstić information content (AvgIpc) is 3.30. The van der Waals surface area contributed by atoms with Crippen LogP contribution in [0, 0.1) is 0 Å². The van der Waals surface area contributed by atoms with Crippen molar-refractivity contribution < 1.29 is 4.79 Å². The van der Waals surface area contributed by atoms with Crippen LogP contribution in [0.4, 0.5) is 22.2 Å². The number of carbonyl (C=O) groups excluding carboxylic acids is 1. The summed E-state index contributed by atoms with van der Waals surface area (Å²) in [7, 11) is 0. The topological polar surface area (TPSA) is 91.2 Å². The van der Waals surface area contributed by atoms with Crippen LogP contribution < -0.4 is 15.5 Å². The number of imidazole rings is 1. The Labute approximate surface area is 214 Å². The second-order valence-corrected chi connectivity index (χ2v) is 8.92. The van der Waals surface area contributed by atoms with Crippen LogP contribution in [0.2, 0.25) is 5.02 Å². The molecule has 5 rings (SSSR count). The Hall–Kier alpha value is -4.11. The lowest BCUT2D eigenvalue weighted by atomic mass is 10.2. The van der Waals surface area contributed by atoms with Crippen LogP contribution in [-0.4, -0.2) is 63.2 Å².